The number of aliphatic hydroxyl groups excluding tert-OH is 1. The summed E-state index contributed by atoms with van der Waals surface area (Å²) in [5.41, 5.74) is -1.82. The van der Waals surface area contributed by atoms with Gasteiger partial charge in [0.2, 0.25) is 0 Å². The van der Waals surface area contributed by atoms with Gasteiger partial charge in [-0.3, -0.25) is 0 Å². The van der Waals surface area contributed by atoms with Crippen LogP contribution in [-0.4, -0.2) is 30.8 Å². The standard InChI is InChI=1S/C13H13F3N2O3/c1-7-9(18-10(6-19)12(20)21-2)4-3-8(5-17)11(7)13(14,15)16/h3-4,10,18-19H,6H2,1-2H3. The number of nitrogens with one attached hydrogen (secondary N) is 1. The number of esters is 1. The number of nitrogens with zero attached hydrogens (tertiary/aromatic N) is 1. The number of hydrogen-bond acceptors (Lipinski definition) is 5. The maximum atomic E-state index is 13.0. The third kappa shape index (κ3) is 3.64. The number of ether oxygens (including phenoxy) is 1. The Balaban J connectivity index is 3.28. The van der Waals surface area contributed by atoms with E-state index in [1.165, 1.54) is 19.1 Å². The first-order valence-corrected chi connectivity index (χ1v) is 5.82. The van der Waals surface area contributed by atoms with Gasteiger partial charge in [0, 0.05) is 5.69 Å². The molecule has 1 atom stereocenters. The normalized spacial score (nSPS) is 12.4. The van der Waals surface area contributed by atoms with Crippen molar-refractivity contribution in [2.75, 3.05) is 19.0 Å². The molecule has 0 aliphatic carbocycles. The van der Waals surface area contributed by atoms with E-state index >= 15 is 0 Å². The van der Waals surface area contributed by atoms with Gasteiger partial charge >= 0.3 is 12.1 Å². The van der Waals surface area contributed by atoms with E-state index in [0.717, 1.165) is 13.2 Å². The van der Waals surface area contributed by atoms with Gasteiger partial charge < -0.3 is 15.2 Å². The molecule has 0 saturated heterocycles. The number of benzene rings is 1. The molecule has 21 heavy (non-hydrogen) atoms. The van der Waals surface area contributed by atoms with Crippen molar-refractivity contribution in [1.82, 2.24) is 0 Å². The highest BCUT2D eigenvalue weighted by Crippen LogP contribution is 2.37. The molecule has 0 amide bonds. The highest BCUT2D eigenvalue weighted by molar-refractivity contribution is 5.80. The molecule has 0 aliphatic rings. The molecule has 0 fully saturated rings. The van der Waals surface area contributed by atoms with Gasteiger partial charge in [0.05, 0.1) is 30.9 Å². The first-order chi connectivity index (χ1) is 9.76. The topological polar surface area (TPSA) is 82.3 Å². The number of nitriles is 1. The average molecular weight is 302 g/mol. The Labute approximate surface area is 118 Å². The number of alkyl halides is 3. The van der Waals surface area contributed by atoms with Gasteiger partial charge in [0.25, 0.3) is 0 Å². The number of rotatable bonds is 4. The Bertz CT molecular complexity index is 579. The molecule has 1 aromatic rings. The van der Waals surface area contributed by atoms with E-state index in [9.17, 15) is 18.0 Å². The molecule has 114 valence electrons. The molecule has 0 bridgehead atoms. The molecule has 8 heteroatoms. The van der Waals surface area contributed by atoms with Gasteiger partial charge in [0.1, 0.15) is 6.04 Å². The zero-order chi connectivity index (χ0) is 16.2. The fourth-order valence-corrected chi connectivity index (χ4v) is 1.84. The van der Waals surface area contributed by atoms with Gasteiger partial charge in [-0.1, -0.05) is 0 Å². The van der Waals surface area contributed by atoms with E-state index in [1.54, 1.807) is 0 Å². The maximum absolute atomic E-state index is 13.0. The van der Waals surface area contributed by atoms with Crippen LogP contribution in [0.1, 0.15) is 16.7 Å². The van der Waals surface area contributed by atoms with Crippen LogP contribution in [0.15, 0.2) is 12.1 Å². The Hall–Kier alpha value is -2.27. The minimum absolute atomic E-state index is 0.00854. The van der Waals surface area contributed by atoms with Crippen molar-refractivity contribution in [2.45, 2.75) is 19.1 Å². The second-order valence-electron chi connectivity index (χ2n) is 4.17. The molecule has 5 nitrogen and oxygen atoms in total. The van der Waals surface area contributed by atoms with Crippen LogP contribution in [0.4, 0.5) is 18.9 Å². The SMILES string of the molecule is COC(=O)C(CO)Nc1ccc(C#N)c(C(F)(F)F)c1C. The summed E-state index contributed by atoms with van der Waals surface area (Å²) in [7, 11) is 1.10. The van der Waals surface area contributed by atoms with E-state index in [-0.39, 0.29) is 11.3 Å². The van der Waals surface area contributed by atoms with Crippen molar-refractivity contribution in [1.29, 1.82) is 5.26 Å². The fraction of sp³-hybridized carbons (Fsp3) is 0.385. The number of aliphatic hydroxyl groups is 1. The number of hydrogen-bond donors (Lipinski definition) is 2. The van der Waals surface area contributed by atoms with E-state index in [0.29, 0.717) is 0 Å². The monoisotopic (exact) mass is 302 g/mol. The lowest BCUT2D eigenvalue weighted by Crippen LogP contribution is -2.34. The maximum Gasteiger partial charge on any atom is 0.418 e. The second kappa shape index (κ2) is 6.45. The summed E-state index contributed by atoms with van der Waals surface area (Å²) in [6, 6.07) is 2.54. The molecule has 1 rings (SSSR count). The van der Waals surface area contributed by atoms with E-state index in [1.807, 2.05) is 0 Å². The van der Waals surface area contributed by atoms with E-state index in [4.69, 9.17) is 10.4 Å². The van der Waals surface area contributed by atoms with Gasteiger partial charge in [-0.05, 0) is 24.6 Å². The van der Waals surface area contributed by atoms with Crippen molar-refractivity contribution in [3.8, 4) is 6.07 Å². The predicted molar refractivity (Wildman–Crippen MR) is 67.4 cm³/mol. The van der Waals surface area contributed by atoms with Crippen LogP contribution in [0.3, 0.4) is 0 Å². The van der Waals surface area contributed by atoms with Gasteiger partial charge in [0.15, 0.2) is 0 Å². The van der Waals surface area contributed by atoms with Crippen LogP contribution < -0.4 is 5.32 Å². The molecule has 1 aromatic carbocycles. The summed E-state index contributed by atoms with van der Waals surface area (Å²) in [4.78, 5) is 11.3. The fourth-order valence-electron chi connectivity index (χ4n) is 1.84. The third-order valence-electron chi connectivity index (χ3n) is 2.87. The molecular formula is C13H13F3N2O3. The Morgan fingerprint density at radius 1 is 1.52 bits per heavy atom. The Kier molecular flexibility index (Phi) is 5.16. The van der Waals surface area contributed by atoms with Crippen LogP contribution >= 0.6 is 0 Å². The number of carbonyl (C=O) groups excluding carboxylic acids is 1. The lowest BCUT2D eigenvalue weighted by molar-refractivity contribution is -0.142. The molecule has 0 saturated carbocycles. The summed E-state index contributed by atoms with van der Waals surface area (Å²) in [5.74, 6) is -0.810. The average Bonchev–Trinajstić information content (AvgIpc) is 2.43. The van der Waals surface area contributed by atoms with Crippen molar-refractivity contribution in [3.05, 3.63) is 28.8 Å². The lowest BCUT2D eigenvalue weighted by Gasteiger charge is -2.20. The van der Waals surface area contributed by atoms with E-state index < -0.39 is 35.9 Å². The van der Waals surface area contributed by atoms with Crippen LogP contribution in [0.25, 0.3) is 0 Å². The first kappa shape index (κ1) is 16.8. The summed E-state index contributed by atoms with van der Waals surface area (Å²) in [6.07, 6.45) is -4.70. The molecular weight excluding hydrogens is 289 g/mol. The number of anilines is 1. The second-order valence-corrected chi connectivity index (χ2v) is 4.17. The Morgan fingerprint density at radius 3 is 2.57 bits per heavy atom. The first-order valence-electron chi connectivity index (χ1n) is 5.82. The molecule has 0 radical (unpaired) electrons. The van der Waals surface area contributed by atoms with Crippen LogP contribution in [0.5, 0.6) is 0 Å². The molecule has 1 unspecified atom stereocenters. The highest BCUT2D eigenvalue weighted by atomic mass is 19.4. The predicted octanol–water partition coefficient (Wildman–Crippen LogP) is 1.83. The highest BCUT2D eigenvalue weighted by Gasteiger charge is 2.36. The zero-order valence-corrected chi connectivity index (χ0v) is 11.3. The number of halogens is 3. The minimum Gasteiger partial charge on any atom is -0.467 e. The number of carbonyl (C=O) groups is 1. The van der Waals surface area contributed by atoms with E-state index in [2.05, 4.69) is 10.1 Å². The summed E-state index contributed by atoms with van der Waals surface area (Å²) in [5, 5.41) is 20.3. The minimum atomic E-state index is -4.70. The van der Waals surface area contributed by atoms with Crippen molar-refractivity contribution in [2.24, 2.45) is 0 Å². The Morgan fingerprint density at radius 2 is 2.14 bits per heavy atom. The lowest BCUT2D eigenvalue weighted by atomic mass is 10.00. The molecule has 0 heterocycles. The quantitative estimate of drug-likeness (QED) is 0.829. The van der Waals surface area contributed by atoms with Crippen LogP contribution in [0, 0.1) is 18.3 Å². The van der Waals surface area contributed by atoms with Crippen molar-refractivity contribution in [3.63, 3.8) is 0 Å². The van der Waals surface area contributed by atoms with Crippen LogP contribution in [-0.2, 0) is 15.7 Å². The number of methoxy groups -OCH3 is 1. The van der Waals surface area contributed by atoms with Gasteiger partial charge in [-0.2, -0.15) is 18.4 Å². The largest absolute Gasteiger partial charge is 0.467 e. The molecule has 2 N–H and O–H groups in total. The smallest absolute Gasteiger partial charge is 0.418 e. The van der Waals surface area contributed by atoms with Crippen LogP contribution in [0.2, 0.25) is 0 Å². The molecule has 0 spiro atoms. The third-order valence-corrected chi connectivity index (χ3v) is 2.87. The van der Waals surface area contributed by atoms with Gasteiger partial charge in [-0.25, -0.2) is 4.79 Å². The summed E-state index contributed by atoms with van der Waals surface area (Å²) < 4.78 is 43.4. The summed E-state index contributed by atoms with van der Waals surface area (Å²) >= 11 is 0. The summed E-state index contributed by atoms with van der Waals surface area (Å²) in [6.45, 7) is 0.533. The zero-order valence-electron chi connectivity index (χ0n) is 11.3. The van der Waals surface area contributed by atoms with Crippen molar-refractivity contribution >= 4 is 11.7 Å². The molecule has 0 aromatic heterocycles. The van der Waals surface area contributed by atoms with Gasteiger partial charge in [-0.15, -0.1) is 0 Å². The van der Waals surface area contributed by atoms with Crippen molar-refractivity contribution < 1.29 is 27.8 Å². The molecule has 0 aliphatic heterocycles.